The van der Waals surface area contributed by atoms with E-state index < -0.39 is 20.0 Å². The second-order valence-corrected chi connectivity index (χ2v) is 17.2. The molecule has 0 aromatic carbocycles. The molecule has 9 heteroatoms. The average molecular weight is 732 g/mol. The normalized spacial score (nSPS) is 14.6. The Hall–Kier alpha value is -0.760. The number of rotatable bonds is 38. The number of phosphoric acid groups is 1. The molecular weight excluding hydrogens is 647 g/mol. The van der Waals surface area contributed by atoms with Crippen molar-refractivity contribution in [3.63, 3.8) is 0 Å². The van der Waals surface area contributed by atoms with E-state index in [1.165, 1.54) is 148 Å². The lowest BCUT2D eigenvalue weighted by molar-refractivity contribution is -0.870. The number of aliphatic hydroxyl groups excluding tert-OH is 1. The fourth-order valence-corrected chi connectivity index (χ4v) is 6.88. The zero-order chi connectivity index (χ0) is 37.2. The molecular formula is C41H84N2O6P+. The van der Waals surface area contributed by atoms with Crippen LogP contribution in [0.4, 0.5) is 0 Å². The van der Waals surface area contributed by atoms with Crippen LogP contribution < -0.4 is 5.32 Å². The summed E-state index contributed by atoms with van der Waals surface area (Å²) in [5, 5.41) is 13.4. The monoisotopic (exact) mass is 732 g/mol. The molecule has 1 amide bonds. The first-order chi connectivity index (χ1) is 24.0. The Morgan fingerprint density at radius 1 is 0.660 bits per heavy atom. The molecule has 0 spiro atoms. The van der Waals surface area contributed by atoms with E-state index in [2.05, 4.69) is 12.2 Å². The van der Waals surface area contributed by atoms with Gasteiger partial charge in [0.05, 0.1) is 39.9 Å². The molecule has 8 nitrogen and oxygen atoms in total. The van der Waals surface area contributed by atoms with Gasteiger partial charge in [0.15, 0.2) is 0 Å². The van der Waals surface area contributed by atoms with Gasteiger partial charge in [-0.25, -0.2) is 4.57 Å². The summed E-state index contributed by atoms with van der Waals surface area (Å²) in [4.78, 5) is 22.3. The van der Waals surface area contributed by atoms with Gasteiger partial charge in [-0.2, -0.15) is 0 Å². The highest BCUT2D eigenvalue weighted by molar-refractivity contribution is 7.47. The predicted octanol–water partition coefficient (Wildman–Crippen LogP) is 11.2. The fraction of sp³-hybridized carbons (Fsp3) is 0.927. The number of hydrogen-bond acceptors (Lipinski definition) is 5. The zero-order valence-electron chi connectivity index (χ0n) is 33.7. The van der Waals surface area contributed by atoms with Gasteiger partial charge < -0.3 is 19.8 Å². The molecule has 0 saturated heterocycles. The summed E-state index contributed by atoms with van der Waals surface area (Å²) >= 11 is 0. The molecule has 0 heterocycles. The van der Waals surface area contributed by atoms with Crippen LogP contribution in [0.15, 0.2) is 12.2 Å². The van der Waals surface area contributed by atoms with Crippen molar-refractivity contribution < 1.29 is 32.9 Å². The van der Waals surface area contributed by atoms with Gasteiger partial charge in [0.25, 0.3) is 0 Å². The number of unbranched alkanes of at least 4 members (excludes halogenated alkanes) is 25. The Morgan fingerprint density at radius 3 is 1.44 bits per heavy atom. The Morgan fingerprint density at radius 2 is 1.06 bits per heavy atom. The standard InChI is InChI=1S/C41H83N2O6P/c1-6-8-9-10-11-12-13-14-15-16-17-18-19-20-21-22-23-24-25-26-27-28-29-30-31-32-33-35-40(44)39(42-41(45)34-7-2)38-49-50(46,47)48-37-36-43(3,4)5/h33,35,39-40,44H,6-32,34,36-38H2,1-5H3,(H-,42,45,46,47)/p+1/b35-33+. The smallest absolute Gasteiger partial charge is 0.387 e. The number of nitrogens with zero attached hydrogens (tertiary/aromatic N) is 1. The highest BCUT2D eigenvalue weighted by Gasteiger charge is 2.27. The van der Waals surface area contributed by atoms with Crippen LogP contribution in [-0.2, 0) is 18.4 Å². The number of phosphoric ester groups is 1. The number of carbonyl (C=O) groups is 1. The maximum Gasteiger partial charge on any atom is 0.472 e. The van der Waals surface area contributed by atoms with Crippen molar-refractivity contribution in [2.24, 2.45) is 0 Å². The van der Waals surface area contributed by atoms with Gasteiger partial charge in [0, 0.05) is 6.42 Å². The van der Waals surface area contributed by atoms with Crippen molar-refractivity contribution in [1.82, 2.24) is 5.32 Å². The lowest BCUT2D eigenvalue weighted by Crippen LogP contribution is -2.45. The first-order valence-electron chi connectivity index (χ1n) is 21.1. The molecule has 0 bridgehead atoms. The van der Waals surface area contributed by atoms with Gasteiger partial charge in [0.2, 0.25) is 5.91 Å². The highest BCUT2D eigenvalue weighted by Crippen LogP contribution is 2.43. The van der Waals surface area contributed by atoms with E-state index in [1.54, 1.807) is 6.08 Å². The number of allylic oxidation sites excluding steroid dienone is 1. The molecule has 0 saturated carbocycles. The van der Waals surface area contributed by atoms with Crippen LogP contribution >= 0.6 is 7.82 Å². The Labute approximate surface area is 310 Å². The summed E-state index contributed by atoms with van der Waals surface area (Å²) in [7, 11) is 1.57. The SMILES string of the molecule is CCCCCCCCCCCCCCCCCCCCCCCCCCC/C=C/C(O)C(COP(=O)(O)OCC[N+](C)(C)C)NC(=O)CCC. The van der Waals surface area contributed by atoms with Crippen molar-refractivity contribution in [3.05, 3.63) is 12.2 Å². The molecule has 3 N–H and O–H groups in total. The van der Waals surface area contributed by atoms with Crippen LogP contribution in [0.3, 0.4) is 0 Å². The third kappa shape index (κ3) is 35.6. The molecule has 3 atom stereocenters. The topological polar surface area (TPSA) is 105 Å². The number of amides is 1. The Kier molecular flexibility index (Phi) is 33.5. The molecule has 298 valence electrons. The number of quaternary nitrogens is 1. The van der Waals surface area contributed by atoms with Gasteiger partial charge in [-0.1, -0.05) is 180 Å². The van der Waals surface area contributed by atoms with E-state index in [4.69, 9.17) is 9.05 Å². The largest absolute Gasteiger partial charge is 0.472 e. The van der Waals surface area contributed by atoms with Gasteiger partial charge in [-0.3, -0.25) is 13.8 Å². The third-order valence-corrected chi connectivity index (χ3v) is 10.5. The summed E-state index contributed by atoms with van der Waals surface area (Å²) in [6.45, 7) is 4.47. The summed E-state index contributed by atoms with van der Waals surface area (Å²) in [6.07, 6.45) is 38.9. The molecule has 0 aromatic rings. The van der Waals surface area contributed by atoms with Crippen LogP contribution in [0, 0.1) is 0 Å². The van der Waals surface area contributed by atoms with Crippen molar-refractivity contribution >= 4 is 13.7 Å². The maximum absolute atomic E-state index is 12.3. The van der Waals surface area contributed by atoms with E-state index in [0.29, 0.717) is 23.9 Å². The van der Waals surface area contributed by atoms with Crippen LogP contribution in [0.25, 0.3) is 0 Å². The summed E-state index contributed by atoms with van der Waals surface area (Å²) < 4.78 is 23.1. The van der Waals surface area contributed by atoms with Crippen molar-refractivity contribution in [2.45, 2.75) is 206 Å². The molecule has 0 aliphatic rings. The van der Waals surface area contributed by atoms with Crippen LogP contribution in [0.1, 0.15) is 194 Å². The summed E-state index contributed by atoms with van der Waals surface area (Å²) in [5.41, 5.74) is 0. The maximum atomic E-state index is 12.3. The molecule has 50 heavy (non-hydrogen) atoms. The van der Waals surface area contributed by atoms with Crippen LogP contribution in [0.5, 0.6) is 0 Å². The van der Waals surface area contributed by atoms with Crippen molar-refractivity contribution in [1.29, 1.82) is 0 Å². The predicted molar refractivity (Wildman–Crippen MR) is 212 cm³/mol. The van der Waals surface area contributed by atoms with Crippen molar-refractivity contribution in [3.8, 4) is 0 Å². The molecule has 0 aliphatic carbocycles. The first-order valence-corrected chi connectivity index (χ1v) is 22.6. The molecule has 3 unspecified atom stereocenters. The zero-order valence-corrected chi connectivity index (χ0v) is 34.5. The number of nitrogens with one attached hydrogen (secondary N) is 1. The van der Waals surface area contributed by atoms with E-state index >= 15 is 0 Å². The lowest BCUT2D eigenvalue weighted by atomic mass is 10.0. The first kappa shape index (κ1) is 49.2. The number of aliphatic hydroxyl groups is 1. The van der Waals surface area contributed by atoms with E-state index in [0.717, 1.165) is 19.3 Å². The molecule has 0 radical (unpaired) electrons. The number of carbonyl (C=O) groups excluding carboxylic acids is 1. The van der Waals surface area contributed by atoms with Gasteiger partial charge in [-0.15, -0.1) is 0 Å². The Bertz CT molecular complexity index is 834. The molecule has 0 rings (SSSR count). The third-order valence-electron chi connectivity index (χ3n) is 9.48. The lowest BCUT2D eigenvalue weighted by Gasteiger charge is -2.25. The van der Waals surface area contributed by atoms with Crippen molar-refractivity contribution in [2.75, 3.05) is 40.9 Å². The summed E-state index contributed by atoms with van der Waals surface area (Å²) in [6, 6.07) is -0.836. The minimum Gasteiger partial charge on any atom is -0.387 e. The van der Waals surface area contributed by atoms with Crippen LogP contribution in [-0.4, -0.2) is 73.4 Å². The minimum absolute atomic E-state index is 0.0617. The number of likely N-dealkylation sites (N-methyl/N-ethyl adjacent to an activating group) is 1. The highest BCUT2D eigenvalue weighted by atomic mass is 31.2. The Balaban J connectivity index is 3.79. The van der Waals surface area contributed by atoms with Gasteiger partial charge in [-0.05, 0) is 19.3 Å². The van der Waals surface area contributed by atoms with E-state index in [1.807, 2.05) is 34.1 Å². The van der Waals surface area contributed by atoms with E-state index in [-0.39, 0.29) is 19.1 Å². The van der Waals surface area contributed by atoms with Crippen LogP contribution in [0.2, 0.25) is 0 Å². The molecule has 0 aliphatic heterocycles. The summed E-state index contributed by atoms with van der Waals surface area (Å²) in [5.74, 6) is -0.229. The van der Waals surface area contributed by atoms with Gasteiger partial charge >= 0.3 is 7.82 Å². The quantitative estimate of drug-likeness (QED) is 0.0253. The minimum atomic E-state index is -4.30. The van der Waals surface area contributed by atoms with Gasteiger partial charge in [0.1, 0.15) is 13.2 Å². The van der Waals surface area contributed by atoms with E-state index in [9.17, 15) is 19.4 Å². The fourth-order valence-electron chi connectivity index (χ4n) is 6.14. The number of hydrogen-bond donors (Lipinski definition) is 3. The average Bonchev–Trinajstić information content (AvgIpc) is 3.05. The second-order valence-electron chi connectivity index (χ2n) is 15.7. The second kappa shape index (κ2) is 34.0. The molecule has 0 aromatic heterocycles. The molecule has 0 fully saturated rings.